The summed E-state index contributed by atoms with van der Waals surface area (Å²) in [5.41, 5.74) is 2.31. The Kier molecular flexibility index (Phi) is 3.24. The van der Waals surface area contributed by atoms with E-state index in [9.17, 15) is 0 Å². The topological polar surface area (TPSA) is 37.8 Å². The van der Waals surface area contributed by atoms with E-state index in [2.05, 4.69) is 54.3 Å². The molecule has 0 spiro atoms. The zero-order valence-electron chi connectivity index (χ0n) is 11.1. The third-order valence-electron chi connectivity index (χ3n) is 2.89. The lowest BCUT2D eigenvalue weighted by molar-refractivity contribution is 0.868. The maximum Gasteiger partial charge on any atom is 0.184 e. The van der Waals surface area contributed by atoms with Crippen molar-refractivity contribution in [3.63, 3.8) is 0 Å². The fourth-order valence-corrected chi connectivity index (χ4v) is 3.63. The summed E-state index contributed by atoms with van der Waals surface area (Å²) in [7, 11) is 0. The van der Waals surface area contributed by atoms with Crippen LogP contribution in [-0.4, -0.2) is 9.97 Å². The highest BCUT2D eigenvalue weighted by Gasteiger charge is 2.12. The van der Waals surface area contributed by atoms with Crippen LogP contribution in [0, 0.1) is 13.8 Å². The van der Waals surface area contributed by atoms with Crippen molar-refractivity contribution in [2.24, 2.45) is 0 Å². The van der Waals surface area contributed by atoms with E-state index in [1.165, 1.54) is 15.1 Å². The van der Waals surface area contributed by atoms with Gasteiger partial charge in [-0.25, -0.2) is 9.97 Å². The molecule has 19 heavy (non-hydrogen) atoms. The number of thiazole rings is 2. The first-order valence-corrected chi connectivity index (χ1v) is 7.81. The predicted octanol–water partition coefficient (Wildman–Crippen LogP) is 4.54. The molecule has 0 bridgehead atoms. The van der Waals surface area contributed by atoms with Crippen LogP contribution in [0.1, 0.15) is 28.4 Å². The van der Waals surface area contributed by atoms with Gasteiger partial charge in [0.15, 0.2) is 5.13 Å². The van der Waals surface area contributed by atoms with Crippen molar-refractivity contribution in [1.29, 1.82) is 0 Å². The van der Waals surface area contributed by atoms with Crippen molar-refractivity contribution < 1.29 is 0 Å². The fourth-order valence-electron chi connectivity index (χ4n) is 1.92. The van der Waals surface area contributed by atoms with Crippen molar-refractivity contribution in [2.75, 3.05) is 5.32 Å². The number of fused-ring (bicyclic) bond motifs is 1. The Bertz CT molecular complexity index is 714. The van der Waals surface area contributed by atoms with Gasteiger partial charge in [0.25, 0.3) is 0 Å². The molecule has 0 saturated heterocycles. The molecule has 0 saturated carbocycles. The molecule has 5 heteroatoms. The Morgan fingerprint density at radius 2 is 2.05 bits per heavy atom. The Balaban J connectivity index is 1.85. The molecule has 98 valence electrons. The van der Waals surface area contributed by atoms with E-state index < -0.39 is 0 Å². The van der Waals surface area contributed by atoms with Crippen molar-refractivity contribution in [3.8, 4) is 0 Å². The quantitative estimate of drug-likeness (QED) is 0.769. The van der Waals surface area contributed by atoms with Crippen LogP contribution < -0.4 is 5.32 Å². The number of hydrogen-bond donors (Lipinski definition) is 1. The van der Waals surface area contributed by atoms with Gasteiger partial charge in [-0.3, -0.25) is 0 Å². The van der Waals surface area contributed by atoms with Crippen LogP contribution in [0.15, 0.2) is 24.4 Å². The van der Waals surface area contributed by atoms with Gasteiger partial charge in [0.1, 0.15) is 5.01 Å². The third-order valence-corrected chi connectivity index (χ3v) is 4.96. The smallest absolute Gasteiger partial charge is 0.184 e. The molecule has 3 rings (SSSR count). The van der Waals surface area contributed by atoms with Crippen molar-refractivity contribution in [2.45, 2.75) is 26.8 Å². The lowest BCUT2D eigenvalue weighted by Crippen LogP contribution is -2.05. The van der Waals surface area contributed by atoms with Crippen LogP contribution in [0.3, 0.4) is 0 Å². The Labute approximate surface area is 120 Å². The molecule has 3 aromatic rings. The van der Waals surface area contributed by atoms with Gasteiger partial charge in [-0.15, -0.1) is 11.3 Å². The molecule has 1 N–H and O–H groups in total. The van der Waals surface area contributed by atoms with Gasteiger partial charge in [-0.2, -0.15) is 0 Å². The second-order valence-electron chi connectivity index (χ2n) is 4.67. The summed E-state index contributed by atoms with van der Waals surface area (Å²) < 4.78 is 1.22. The number of nitrogens with one attached hydrogen (secondary N) is 1. The number of rotatable bonds is 3. The standard InChI is InChI=1S/C14H15N3S2/c1-8-4-5-12-11(6-8)17-14(19-12)16-10(3)13-15-7-9(2)18-13/h4-7,10H,1-3H3,(H,16,17). The average molecular weight is 289 g/mol. The Hall–Kier alpha value is -1.46. The SMILES string of the molecule is Cc1ccc2sc(NC(C)c3ncc(C)s3)nc2c1. The van der Waals surface area contributed by atoms with Crippen molar-refractivity contribution >= 4 is 38.0 Å². The number of aromatic nitrogens is 2. The van der Waals surface area contributed by atoms with Gasteiger partial charge < -0.3 is 5.32 Å². The molecule has 0 aliphatic carbocycles. The van der Waals surface area contributed by atoms with E-state index in [4.69, 9.17) is 0 Å². The number of hydrogen-bond acceptors (Lipinski definition) is 5. The van der Waals surface area contributed by atoms with Gasteiger partial charge in [-0.05, 0) is 38.5 Å². The highest BCUT2D eigenvalue weighted by atomic mass is 32.1. The Morgan fingerprint density at radius 1 is 1.21 bits per heavy atom. The third kappa shape index (κ3) is 2.62. The predicted molar refractivity (Wildman–Crippen MR) is 83.2 cm³/mol. The number of aryl methyl sites for hydroxylation is 2. The summed E-state index contributed by atoms with van der Waals surface area (Å²) in [5, 5.41) is 5.50. The molecule has 0 aliphatic heterocycles. The summed E-state index contributed by atoms with van der Waals surface area (Å²) >= 11 is 3.42. The van der Waals surface area contributed by atoms with E-state index in [1.807, 2.05) is 6.20 Å². The highest BCUT2D eigenvalue weighted by Crippen LogP contribution is 2.30. The van der Waals surface area contributed by atoms with E-state index in [0.717, 1.165) is 15.7 Å². The van der Waals surface area contributed by atoms with Gasteiger partial charge in [0, 0.05) is 11.1 Å². The minimum Gasteiger partial charge on any atom is -0.353 e. The molecule has 1 unspecified atom stereocenters. The van der Waals surface area contributed by atoms with Crippen LogP contribution in [0.25, 0.3) is 10.2 Å². The summed E-state index contributed by atoms with van der Waals surface area (Å²) in [6, 6.07) is 6.57. The lowest BCUT2D eigenvalue weighted by atomic mass is 10.2. The van der Waals surface area contributed by atoms with Gasteiger partial charge in [0.2, 0.25) is 0 Å². The number of benzene rings is 1. The van der Waals surface area contributed by atoms with E-state index >= 15 is 0 Å². The summed E-state index contributed by atoms with van der Waals surface area (Å²) in [6.45, 7) is 6.29. The second kappa shape index (κ2) is 4.90. The first kappa shape index (κ1) is 12.6. The zero-order chi connectivity index (χ0) is 13.4. The van der Waals surface area contributed by atoms with Crippen LogP contribution in [0.2, 0.25) is 0 Å². The van der Waals surface area contributed by atoms with Crippen LogP contribution in [-0.2, 0) is 0 Å². The van der Waals surface area contributed by atoms with Crippen LogP contribution in [0.4, 0.5) is 5.13 Å². The molecular weight excluding hydrogens is 274 g/mol. The van der Waals surface area contributed by atoms with Crippen LogP contribution in [0.5, 0.6) is 0 Å². The first-order valence-electron chi connectivity index (χ1n) is 6.18. The summed E-state index contributed by atoms with van der Waals surface area (Å²) in [6.07, 6.45) is 1.92. The number of anilines is 1. The molecule has 0 aliphatic rings. The molecule has 1 atom stereocenters. The minimum absolute atomic E-state index is 0.195. The molecule has 3 nitrogen and oxygen atoms in total. The normalized spacial score (nSPS) is 12.8. The lowest BCUT2D eigenvalue weighted by Gasteiger charge is -2.08. The monoisotopic (exact) mass is 289 g/mol. The first-order chi connectivity index (χ1) is 9.11. The second-order valence-corrected chi connectivity index (χ2v) is 6.96. The molecular formula is C14H15N3S2. The van der Waals surface area contributed by atoms with Gasteiger partial charge >= 0.3 is 0 Å². The summed E-state index contributed by atoms with van der Waals surface area (Å²) in [4.78, 5) is 10.3. The largest absolute Gasteiger partial charge is 0.353 e. The molecule has 0 amide bonds. The molecule has 1 aromatic carbocycles. The highest BCUT2D eigenvalue weighted by molar-refractivity contribution is 7.22. The maximum absolute atomic E-state index is 4.63. The molecule has 0 radical (unpaired) electrons. The van der Waals surface area contributed by atoms with Gasteiger partial charge in [-0.1, -0.05) is 17.4 Å². The average Bonchev–Trinajstić information content (AvgIpc) is 2.94. The minimum atomic E-state index is 0.195. The van der Waals surface area contributed by atoms with Crippen molar-refractivity contribution in [1.82, 2.24) is 9.97 Å². The maximum atomic E-state index is 4.63. The van der Waals surface area contributed by atoms with E-state index in [0.29, 0.717) is 0 Å². The molecule has 2 aromatic heterocycles. The van der Waals surface area contributed by atoms with Crippen LogP contribution >= 0.6 is 22.7 Å². The molecule has 0 fully saturated rings. The fraction of sp³-hybridized carbons (Fsp3) is 0.286. The summed E-state index contributed by atoms with van der Waals surface area (Å²) in [5.74, 6) is 0. The van der Waals surface area contributed by atoms with Crippen molar-refractivity contribution in [3.05, 3.63) is 39.8 Å². The zero-order valence-corrected chi connectivity index (χ0v) is 12.7. The Morgan fingerprint density at radius 3 is 2.79 bits per heavy atom. The number of nitrogens with zero attached hydrogens (tertiary/aromatic N) is 2. The van der Waals surface area contributed by atoms with E-state index in [-0.39, 0.29) is 6.04 Å². The molecule has 2 heterocycles. The van der Waals surface area contributed by atoms with E-state index in [1.54, 1.807) is 22.7 Å². The van der Waals surface area contributed by atoms with Gasteiger partial charge in [0.05, 0.1) is 16.3 Å².